The fraction of sp³-hybridized carbons (Fsp3) is 0.435. The van der Waals surface area contributed by atoms with Gasteiger partial charge in [-0.15, -0.1) is 0 Å². The van der Waals surface area contributed by atoms with E-state index in [1.54, 1.807) is 0 Å². The molecule has 0 spiro atoms. The number of nitrogens with zero attached hydrogens (tertiary/aromatic N) is 1. The van der Waals surface area contributed by atoms with Crippen LogP contribution in [-0.4, -0.2) is 43.2 Å². The zero-order valence-electron chi connectivity index (χ0n) is 16.3. The number of amides is 1. The number of morpholine rings is 1. The lowest BCUT2D eigenvalue weighted by Gasteiger charge is -2.29. The fourth-order valence-electron chi connectivity index (χ4n) is 3.45. The minimum absolute atomic E-state index is 0.149. The van der Waals surface area contributed by atoms with Gasteiger partial charge in [-0.05, 0) is 49.4 Å². The van der Waals surface area contributed by atoms with Crippen LogP contribution in [-0.2, 0) is 16.0 Å². The summed E-state index contributed by atoms with van der Waals surface area (Å²) in [6, 6.07) is 18.6. The van der Waals surface area contributed by atoms with Crippen LogP contribution >= 0.6 is 0 Å². The van der Waals surface area contributed by atoms with Gasteiger partial charge in [0.2, 0.25) is 5.91 Å². The summed E-state index contributed by atoms with van der Waals surface area (Å²) in [5.41, 5.74) is 2.43. The third-order valence-electron chi connectivity index (χ3n) is 4.83. The Bertz CT molecular complexity index is 706. The molecule has 1 fully saturated rings. The van der Waals surface area contributed by atoms with Crippen molar-refractivity contribution in [3.8, 4) is 5.75 Å². The van der Waals surface area contributed by atoms with Gasteiger partial charge in [-0.3, -0.25) is 4.79 Å². The van der Waals surface area contributed by atoms with Crippen molar-refractivity contribution in [3.05, 3.63) is 65.7 Å². The van der Waals surface area contributed by atoms with Gasteiger partial charge < -0.3 is 14.4 Å². The molecule has 1 aliphatic rings. The van der Waals surface area contributed by atoms with Crippen LogP contribution < -0.4 is 4.74 Å². The number of carbonyl (C=O) groups excluding carboxylic acids is 1. The quantitative estimate of drug-likeness (QED) is 0.741. The predicted molar refractivity (Wildman–Crippen MR) is 107 cm³/mol. The maximum absolute atomic E-state index is 12.8. The maximum Gasteiger partial charge on any atom is 0.223 e. The molecule has 0 aromatic heterocycles. The highest BCUT2D eigenvalue weighted by molar-refractivity contribution is 5.77. The SMILES string of the molecule is CC(C)Oc1ccc([C@@H](CC(=O)N2CCOCC2)Cc2ccccc2)cc1. The zero-order chi connectivity index (χ0) is 19.1. The lowest BCUT2D eigenvalue weighted by atomic mass is 9.88. The molecule has 0 unspecified atom stereocenters. The fourth-order valence-corrected chi connectivity index (χ4v) is 3.45. The summed E-state index contributed by atoms with van der Waals surface area (Å²) in [6.45, 7) is 6.70. The summed E-state index contributed by atoms with van der Waals surface area (Å²) in [5.74, 6) is 1.23. The topological polar surface area (TPSA) is 38.8 Å². The first-order chi connectivity index (χ1) is 13.1. The molecule has 0 N–H and O–H groups in total. The summed E-state index contributed by atoms with van der Waals surface area (Å²) in [5, 5.41) is 0. The molecule has 0 radical (unpaired) electrons. The van der Waals surface area contributed by atoms with E-state index in [0.717, 1.165) is 12.2 Å². The third kappa shape index (κ3) is 5.83. The van der Waals surface area contributed by atoms with Crippen LogP contribution in [0.3, 0.4) is 0 Å². The number of benzene rings is 2. The highest BCUT2D eigenvalue weighted by Crippen LogP contribution is 2.27. The molecule has 144 valence electrons. The standard InChI is InChI=1S/C23H29NO3/c1-18(2)27-22-10-8-20(9-11-22)21(16-19-6-4-3-5-7-19)17-23(25)24-12-14-26-15-13-24/h3-11,18,21H,12-17H2,1-2H3/t21-/m1/s1. The van der Waals surface area contributed by atoms with Crippen LogP contribution in [0, 0.1) is 0 Å². The van der Waals surface area contributed by atoms with Gasteiger partial charge >= 0.3 is 0 Å². The Kier molecular flexibility index (Phi) is 6.88. The van der Waals surface area contributed by atoms with Gasteiger partial charge in [0.05, 0.1) is 19.3 Å². The van der Waals surface area contributed by atoms with Gasteiger partial charge in [0.15, 0.2) is 0 Å². The van der Waals surface area contributed by atoms with Crippen LogP contribution in [0.25, 0.3) is 0 Å². The minimum Gasteiger partial charge on any atom is -0.491 e. The van der Waals surface area contributed by atoms with Gasteiger partial charge in [0.25, 0.3) is 0 Å². The molecule has 1 amide bonds. The highest BCUT2D eigenvalue weighted by atomic mass is 16.5. The monoisotopic (exact) mass is 367 g/mol. The van der Waals surface area contributed by atoms with Crippen molar-refractivity contribution < 1.29 is 14.3 Å². The summed E-state index contributed by atoms with van der Waals surface area (Å²) >= 11 is 0. The average Bonchev–Trinajstić information content (AvgIpc) is 2.69. The first kappa shape index (κ1) is 19.4. The van der Waals surface area contributed by atoms with Crippen molar-refractivity contribution in [1.29, 1.82) is 0 Å². The summed E-state index contributed by atoms with van der Waals surface area (Å²) in [6.07, 6.45) is 1.51. The number of rotatable bonds is 7. The Balaban J connectivity index is 1.75. The Labute approximate surface area is 162 Å². The Hall–Kier alpha value is -2.33. The Morgan fingerprint density at radius 3 is 2.33 bits per heavy atom. The normalized spacial score (nSPS) is 15.6. The van der Waals surface area contributed by atoms with Gasteiger partial charge in [0.1, 0.15) is 5.75 Å². The van der Waals surface area contributed by atoms with E-state index in [2.05, 4.69) is 36.4 Å². The maximum atomic E-state index is 12.8. The van der Waals surface area contributed by atoms with Gasteiger partial charge in [-0.2, -0.15) is 0 Å². The van der Waals surface area contributed by atoms with Crippen LogP contribution in [0.4, 0.5) is 0 Å². The van der Waals surface area contributed by atoms with E-state index < -0.39 is 0 Å². The van der Waals surface area contributed by atoms with Crippen LogP contribution in [0.2, 0.25) is 0 Å². The van der Waals surface area contributed by atoms with Gasteiger partial charge in [0, 0.05) is 19.5 Å². The lowest BCUT2D eigenvalue weighted by Crippen LogP contribution is -2.41. The first-order valence-electron chi connectivity index (χ1n) is 9.78. The van der Waals surface area contributed by atoms with E-state index in [1.165, 1.54) is 11.1 Å². The van der Waals surface area contributed by atoms with Crippen molar-refractivity contribution in [2.75, 3.05) is 26.3 Å². The molecule has 2 aromatic rings. The van der Waals surface area contributed by atoms with Gasteiger partial charge in [-0.25, -0.2) is 0 Å². The van der Waals surface area contributed by atoms with Gasteiger partial charge in [-0.1, -0.05) is 42.5 Å². The molecule has 2 aromatic carbocycles. The number of carbonyl (C=O) groups is 1. The van der Waals surface area contributed by atoms with Crippen LogP contribution in [0.5, 0.6) is 5.75 Å². The van der Waals surface area contributed by atoms with Crippen molar-refractivity contribution in [2.45, 2.75) is 38.7 Å². The van der Waals surface area contributed by atoms with Crippen LogP contribution in [0.15, 0.2) is 54.6 Å². The molecule has 0 aliphatic carbocycles. The number of hydrogen-bond donors (Lipinski definition) is 0. The summed E-state index contributed by atoms with van der Waals surface area (Å²) in [4.78, 5) is 14.8. The Morgan fingerprint density at radius 1 is 1.04 bits per heavy atom. The summed E-state index contributed by atoms with van der Waals surface area (Å²) in [7, 11) is 0. The lowest BCUT2D eigenvalue weighted by molar-refractivity contribution is -0.135. The van der Waals surface area contributed by atoms with E-state index in [9.17, 15) is 4.79 Å². The second kappa shape index (κ2) is 9.56. The zero-order valence-corrected chi connectivity index (χ0v) is 16.3. The largest absolute Gasteiger partial charge is 0.491 e. The molecular weight excluding hydrogens is 338 g/mol. The van der Waals surface area contributed by atoms with Crippen molar-refractivity contribution in [1.82, 2.24) is 4.90 Å². The second-order valence-corrected chi connectivity index (χ2v) is 7.32. The van der Waals surface area contributed by atoms with Crippen LogP contribution in [0.1, 0.15) is 37.3 Å². The molecule has 1 heterocycles. The Morgan fingerprint density at radius 2 is 1.70 bits per heavy atom. The smallest absolute Gasteiger partial charge is 0.223 e. The summed E-state index contributed by atoms with van der Waals surface area (Å²) < 4.78 is 11.1. The van der Waals surface area contributed by atoms with E-state index >= 15 is 0 Å². The minimum atomic E-state index is 0.149. The number of hydrogen-bond acceptors (Lipinski definition) is 3. The van der Waals surface area contributed by atoms with E-state index in [-0.39, 0.29) is 17.9 Å². The highest BCUT2D eigenvalue weighted by Gasteiger charge is 2.22. The molecule has 1 saturated heterocycles. The molecule has 4 nitrogen and oxygen atoms in total. The van der Waals surface area contributed by atoms with E-state index in [1.807, 2.05) is 36.9 Å². The van der Waals surface area contributed by atoms with Crippen molar-refractivity contribution in [3.63, 3.8) is 0 Å². The first-order valence-corrected chi connectivity index (χ1v) is 9.78. The molecule has 27 heavy (non-hydrogen) atoms. The second-order valence-electron chi connectivity index (χ2n) is 7.32. The molecule has 4 heteroatoms. The molecular formula is C23H29NO3. The predicted octanol–water partition coefficient (Wildman–Crippen LogP) is 4.05. The number of ether oxygens (including phenoxy) is 2. The van der Waals surface area contributed by atoms with E-state index in [4.69, 9.17) is 9.47 Å². The molecule has 0 saturated carbocycles. The van der Waals surface area contributed by atoms with Crippen molar-refractivity contribution in [2.24, 2.45) is 0 Å². The third-order valence-corrected chi connectivity index (χ3v) is 4.83. The molecule has 0 bridgehead atoms. The molecule has 3 rings (SSSR count). The average molecular weight is 367 g/mol. The van der Waals surface area contributed by atoms with Crippen molar-refractivity contribution >= 4 is 5.91 Å². The molecule has 1 aliphatic heterocycles. The van der Waals surface area contributed by atoms with E-state index in [0.29, 0.717) is 32.7 Å². The molecule has 1 atom stereocenters.